The van der Waals surface area contributed by atoms with Crippen molar-refractivity contribution in [3.63, 3.8) is 0 Å². The third kappa shape index (κ3) is 4.32. The zero-order valence-electron chi connectivity index (χ0n) is 13.0. The lowest BCUT2D eigenvalue weighted by Crippen LogP contribution is -2.48. The number of nitrogens with one attached hydrogen (secondary N) is 1. The molecule has 20 heavy (non-hydrogen) atoms. The Morgan fingerprint density at radius 2 is 2.10 bits per heavy atom. The van der Waals surface area contributed by atoms with E-state index in [0.717, 1.165) is 13.2 Å². The largest absolute Gasteiger partial charge is 0.374 e. The molecule has 1 heterocycles. The van der Waals surface area contributed by atoms with Gasteiger partial charge in [0.25, 0.3) is 0 Å². The maximum Gasteiger partial charge on any atom is 0.0807 e. The van der Waals surface area contributed by atoms with E-state index in [1.54, 1.807) is 0 Å². The van der Waals surface area contributed by atoms with Crippen LogP contribution in [-0.2, 0) is 11.2 Å². The van der Waals surface area contributed by atoms with E-state index in [9.17, 15) is 0 Å². The van der Waals surface area contributed by atoms with Crippen molar-refractivity contribution in [3.05, 3.63) is 35.9 Å². The van der Waals surface area contributed by atoms with Gasteiger partial charge in [0.2, 0.25) is 0 Å². The molecule has 1 aromatic rings. The van der Waals surface area contributed by atoms with Crippen molar-refractivity contribution in [1.29, 1.82) is 0 Å². The molecule has 0 radical (unpaired) electrons. The van der Waals surface area contributed by atoms with Gasteiger partial charge in [-0.25, -0.2) is 0 Å². The van der Waals surface area contributed by atoms with Gasteiger partial charge in [0.1, 0.15) is 0 Å². The molecule has 0 saturated carbocycles. The zero-order valence-corrected chi connectivity index (χ0v) is 13.0. The van der Waals surface area contributed by atoms with Gasteiger partial charge in [-0.15, -0.1) is 0 Å². The molecule has 1 N–H and O–H groups in total. The van der Waals surface area contributed by atoms with Crippen LogP contribution in [0.4, 0.5) is 0 Å². The molecule has 2 rings (SSSR count). The predicted molar refractivity (Wildman–Crippen MR) is 85.1 cm³/mol. The minimum absolute atomic E-state index is 0.0475. The first kappa shape index (κ1) is 15.5. The number of hydrogen-bond acceptors (Lipinski definition) is 2. The Hall–Kier alpha value is -0.860. The molecule has 1 aromatic carbocycles. The summed E-state index contributed by atoms with van der Waals surface area (Å²) in [5, 5.41) is 3.71. The summed E-state index contributed by atoms with van der Waals surface area (Å²) in [4.78, 5) is 0. The molecule has 0 aromatic heterocycles. The van der Waals surface area contributed by atoms with E-state index in [2.05, 4.69) is 49.5 Å². The third-order valence-corrected chi connectivity index (χ3v) is 4.43. The van der Waals surface area contributed by atoms with E-state index in [1.165, 1.54) is 44.1 Å². The molecule has 2 heteroatoms. The van der Waals surface area contributed by atoms with E-state index < -0.39 is 0 Å². The van der Waals surface area contributed by atoms with Crippen molar-refractivity contribution < 1.29 is 4.74 Å². The van der Waals surface area contributed by atoms with Gasteiger partial charge in [0.15, 0.2) is 0 Å². The number of aryl methyl sites for hydroxylation is 1. The highest BCUT2D eigenvalue weighted by Crippen LogP contribution is 2.31. The summed E-state index contributed by atoms with van der Waals surface area (Å²) >= 11 is 0. The highest BCUT2D eigenvalue weighted by atomic mass is 16.5. The Morgan fingerprint density at radius 3 is 2.75 bits per heavy atom. The van der Waals surface area contributed by atoms with Crippen LogP contribution in [0.25, 0.3) is 0 Å². The van der Waals surface area contributed by atoms with Crippen molar-refractivity contribution >= 4 is 0 Å². The summed E-state index contributed by atoms with van der Waals surface area (Å²) in [7, 11) is 0. The lowest BCUT2D eigenvalue weighted by molar-refractivity contribution is -0.0142. The second-order valence-corrected chi connectivity index (χ2v) is 6.15. The molecule has 1 aliphatic heterocycles. The Morgan fingerprint density at radius 1 is 1.30 bits per heavy atom. The van der Waals surface area contributed by atoms with Crippen molar-refractivity contribution in [2.75, 3.05) is 13.2 Å². The highest BCUT2D eigenvalue weighted by molar-refractivity contribution is 5.14. The molecule has 2 unspecified atom stereocenters. The minimum atomic E-state index is 0.0475. The van der Waals surface area contributed by atoms with Crippen LogP contribution in [0.3, 0.4) is 0 Å². The van der Waals surface area contributed by atoms with Gasteiger partial charge in [0.05, 0.1) is 5.60 Å². The van der Waals surface area contributed by atoms with Gasteiger partial charge in [-0.2, -0.15) is 0 Å². The van der Waals surface area contributed by atoms with Crippen molar-refractivity contribution in [3.8, 4) is 0 Å². The fourth-order valence-electron chi connectivity index (χ4n) is 3.17. The van der Waals surface area contributed by atoms with Gasteiger partial charge >= 0.3 is 0 Å². The van der Waals surface area contributed by atoms with Crippen molar-refractivity contribution in [1.82, 2.24) is 5.32 Å². The topological polar surface area (TPSA) is 21.3 Å². The molecule has 0 bridgehead atoms. The Balaban J connectivity index is 1.84. The van der Waals surface area contributed by atoms with E-state index in [0.29, 0.717) is 6.04 Å². The van der Waals surface area contributed by atoms with Gasteiger partial charge in [-0.1, -0.05) is 37.3 Å². The van der Waals surface area contributed by atoms with E-state index >= 15 is 0 Å². The first-order valence-electron chi connectivity index (χ1n) is 8.16. The second kappa shape index (κ2) is 7.80. The van der Waals surface area contributed by atoms with Crippen molar-refractivity contribution in [2.24, 2.45) is 0 Å². The monoisotopic (exact) mass is 275 g/mol. The smallest absolute Gasteiger partial charge is 0.0807 e. The van der Waals surface area contributed by atoms with Crippen LogP contribution in [0.1, 0.15) is 51.5 Å². The fraction of sp³-hybridized carbons (Fsp3) is 0.667. The SMILES string of the molecule is CCCNC(CCCc1ccccc1)C1(C)CCCO1. The number of ether oxygens (including phenoxy) is 1. The van der Waals surface area contributed by atoms with Crippen LogP contribution >= 0.6 is 0 Å². The lowest BCUT2D eigenvalue weighted by atomic mass is 9.88. The van der Waals surface area contributed by atoms with E-state index in [4.69, 9.17) is 4.74 Å². The molecule has 0 amide bonds. The number of benzene rings is 1. The van der Waals surface area contributed by atoms with Crippen LogP contribution in [-0.4, -0.2) is 24.8 Å². The van der Waals surface area contributed by atoms with Crippen molar-refractivity contribution in [2.45, 2.75) is 64.0 Å². The summed E-state index contributed by atoms with van der Waals surface area (Å²) in [6.45, 7) is 6.54. The average Bonchev–Trinajstić information content (AvgIpc) is 2.91. The molecule has 112 valence electrons. The summed E-state index contributed by atoms with van der Waals surface area (Å²) in [5.74, 6) is 0. The molecule has 2 atom stereocenters. The first-order chi connectivity index (χ1) is 9.74. The van der Waals surface area contributed by atoms with Gasteiger partial charge in [0, 0.05) is 12.6 Å². The summed E-state index contributed by atoms with van der Waals surface area (Å²) in [6.07, 6.45) is 7.18. The molecule has 2 nitrogen and oxygen atoms in total. The molecular formula is C18H29NO. The number of rotatable bonds is 8. The quantitative estimate of drug-likeness (QED) is 0.775. The second-order valence-electron chi connectivity index (χ2n) is 6.15. The van der Waals surface area contributed by atoms with E-state index in [1.807, 2.05) is 0 Å². The molecule has 1 saturated heterocycles. The number of hydrogen-bond donors (Lipinski definition) is 1. The van der Waals surface area contributed by atoms with Gasteiger partial charge in [-0.05, 0) is 57.6 Å². The van der Waals surface area contributed by atoms with Crippen LogP contribution < -0.4 is 5.32 Å². The van der Waals surface area contributed by atoms with Crippen LogP contribution in [0, 0.1) is 0 Å². The summed E-state index contributed by atoms with van der Waals surface area (Å²) in [6, 6.07) is 11.3. The maximum atomic E-state index is 6.04. The van der Waals surface area contributed by atoms with Gasteiger partial charge in [-0.3, -0.25) is 0 Å². The fourth-order valence-corrected chi connectivity index (χ4v) is 3.17. The standard InChI is InChI=1S/C18H29NO/c1-3-14-19-17(18(2)13-8-15-20-18)12-7-11-16-9-5-4-6-10-16/h4-6,9-10,17,19H,3,7-8,11-15H2,1-2H3. The zero-order chi connectivity index (χ0) is 14.3. The van der Waals surface area contributed by atoms with Crippen LogP contribution in [0.5, 0.6) is 0 Å². The molecular weight excluding hydrogens is 246 g/mol. The Kier molecular flexibility index (Phi) is 6.06. The average molecular weight is 275 g/mol. The maximum absolute atomic E-state index is 6.04. The molecule has 1 fully saturated rings. The summed E-state index contributed by atoms with van der Waals surface area (Å²) < 4.78 is 6.04. The highest BCUT2D eigenvalue weighted by Gasteiger charge is 2.37. The summed E-state index contributed by atoms with van der Waals surface area (Å²) in [5.41, 5.74) is 1.49. The first-order valence-corrected chi connectivity index (χ1v) is 8.16. The van der Waals surface area contributed by atoms with Crippen LogP contribution in [0.15, 0.2) is 30.3 Å². The molecule has 0 spiro atoms. The lowest BCUT2D eigenvalue weighted by Gasteiger charge is -2.34. The van der Waals surface area contributed by atoms with Crippen LogP contribution in [0.2, 0.25) is 0 Å². The molecule has 1 aliphatic rings. The normalized spacial score (nSPS) is 23.9. The predicted octanol–water partition coefficient (Wildman–Crippen LogP) is 3.95. The minimum Gasteiger partial charge on any atom is -0.374 e. The van der Waals surface area contributed by atoms with E-state index in [-0.39, 0.29) is 5.60 Å². The Labute approximate surface area is 123 Å². The molecule has 0 aliphatic carbocycles. The Bertz CT molecular complexity index is 370. The van der Waals surface area contributed by atoms with Gasteiger partial charge < -0.3 is 10.1 Å². The third-order valence-electron chi connectivity index (χ3n) is 4.43.